The average Bonchev–Trinajstić information content (AvgIpc) is 2.35. The minimum absolute atomic E-state index is 0.119. The Balaban J connectivity index is 2.67. The minimum Gasteiger partial charge on any atom is -0.383 e. The lowest BCUT2D eigenvalue weighted by molar-refractivity contribution is -0.383. The van der Waals surface area contributed by atoms with Gasteiger partial charge in [0.05, 0.1) is 15.9 Å². The van der Waals surface area contributed by atoms with Crippen molar-refractivity contribution in [1.29, 1.82) is 0 Å². The van der Waals surface area contributed by atoms with E-state index in [2.05, 4.69) is 4.98 Å². The van der Waals surface area contributed by atoms with Gasteiger partial charge in [-0.05, 0) is 24.4 Å². The zero-order valence-electron chi connectivity index (χ0n) is 10.2. The Morgan fingerprint density at radius 2 is 2.11 bits per heavy atom. The van der Waals surface area contributed by atoms with Crippen molar-refractivity contribution >= 4 is 22.5 Å². The molecule has 0 saturated carbocycles. The molecule has 2 rings (SSSR count). The summed E-state index contributed by atoms with van der Waals surface area (Å²) in [5, 5.41) is 12.6. The molecule has 0 bridgehead atoms. The van der Waals surface area contributed by atoms with Gasteiger partial charge in [0, 0.05) is 31.9 Å². The first kappa shape index (κ1) is 12.0. The Bertz CT molecular complexity index is 621. The Hall–Kier alpha value is -2.43. The summed E-state index contributed by atoms with van der Waals surface area (Å²) in [4.78, 5) is 16.7. The van der Waals surface area contributed by atoms with Gasteiger partial charge in [0.2, 0.25) is 0 Å². The molecule has 0 N–H and O–H groups in total. The van der Waals surface area contributed by atoms with Crippen LogP contribution in [-0.2, 0) is 0 Å². The Kier molecular flexibility index (Phi) is 3.23. The second-order valence-corrected chi connectivity index (χ2v) is 4.14. The summed E-state index contributed by atoms with van der Waals surface area (Å²) in [6.45, 7) is 0. The molecule has 0 spiro atoms. The van der Waals surface area contributed by atoms with Gasteiger partial charge in [0.15, 0.2) is 0 Å². The molecule has 5 heteroatoms. The summed E-state index contributed by atoms with van der Waals surface area (Å²) >= 11 is 0. The van der Waals surface area contributed by atoms with Crippen molar-refractivity contribution in [2.24, 2.45) is 0 Å². The molecule has 0 amide bonds. The van der Waals surface area contributed by atoms with E-state index in [1.807, 2.05) is 25.1 Å². The quantitative estimate of drug-likeness (QED) is 0.614. The molecule has 0 aliphatic rings. The lowest BCUT2D eigenvalue weighted by Crippen LogP contribution is -2.00. The maximum absolute atomic E-state index is 11.2. The van der Waals surface area contributed by atoms with Gasteiger partial charge in [-0.3, -0.25) is 15.1 Å². The molecule has 92 valence electrons. The van der Waals surface area contributed by atoms with E-state index >= 15 is 0 Å². The standard InChI is InChI=1S/C13H13N3O2/c1-15(2)8-6-10-3-4-11-9-14-7-5-12(11)13(10)16(17)18/h3-9H,1-2H3/b8-6+. The van der Waals surface area contributed by atoms with E-state index < -0.39 is 0 Å². The molecule has 18 heavy (non-hydrogen) atoms. The highest BCUT2D eigenvalue weighted by molar-refractivity contribution is 5.93. The van der Waals surface area contributed by atoms with Crippen LogP contribution < -0.4 is 0 Å². The topological polar surface area (TPSA) is 59.3 Å². The molecule has 2 aromatic rings. The SMILES string of the molecule is CN(C)/C=C/c1ccc2cnccc2c1[N+](=O)[O-]. The predicted molar refractivity (Wildman–Crippen MR) is 71.1 cm³/mol. The molecule has 0 unspecified atom stereocenters. The molecule has 0 aliphatic carbocycles. The zero-order valence-corrected chi connectivity index (χ0v) is 10.2. The number of nitro groups is 1. The van der Waals surface area contributed by atoms with E-state index in [4.69, 9.17) is 0 Å². The summed E-state index contributed by atoms with van der Waals surface area (Å²) in [5.41, 5.74) is 0.709. The van der Waals surface area contributed by atoms with Crippen LogP contribution in [0.4, 0.5) is 5.69 Å². The number of pyridine rings is 1. The van der Waals surface area contributed by atoms with Gasteiger partial charge in [0.1, 0.15) is 0 Å². The highest BCUT2D eigenvalue weighted by Crippen LogP contribution is 2.29. The van der Waals surface area contributed by atoms with E-state index in [-0.39, 0.29) is 10.6 Å². The normalized spacial score (nSPS) is 11.0. The molecule has 0 aliphatic heterocycles. The molecule has 0 atom stereocenters. The Morgan fingerprint density at radius 3 is 2.78 bits per heavy atom. The number of hydrogen-bond donors (Lipinski definition) is 0. The smallest absolute Gasteiger partial charge is 0.284 e. The van der Waals surface area contributed by atoms with Crippen LogP contribution in [0.15, 0.2) is 36.8 Å². The zero-order chi connectivity index (χ0) is 13.1. The van der Waals surface area contributed by atoms with Crippen LogP contribution >= 0.6 is 0 Å². The van der Waals surface area contributed by atoms with Gasteiger partial charge in [-0.25, -0.2) is 0 Å². The van der Waals surface area contributed by atoms with Crippen LogP contribution in [0.2, 0.25) is 0 Å². The highest BCUT2D eigenvalue weighted by Gasteiger charge is 2.16. The molecule has 1 aromatic carbocycles. The van der Waals surface area contributed by atoms with Crippen LogP contribution in [0.5, 0.6) is 0 Å². The summed E-state index contributed by atoms with van der Waals surface area (Å²) in [6.07, 6.45) is 6.71. The summed E-state index contributed by atoms with van der Waals surface area (Å²) in [5.74, 6) is 0. The number of hydrogen-bond acceptors (Lipinski definition) is 4. The third-order valence-electron chi connectivity index (χ3n) is 2.56. The maximum Gasteiger partial charge on any atom is 0.284 e. The highest BCUT2D eigenvalue weighted by atomic mass is 16.6. The van der Waals surface area contributed by atoms with Crippen molar-refractivity contribution in [1.82, 2.24) is 9.88 Å². The van der Waals surface area contributed by atoms with Crippen LogP contribution in [0.1, 0.15) is 5.56 Å². The Morgan fingerprint density at radius 1 is 1.33 bits per heavy atom. The van der Waals surface area contributed by atoms with Crippen molar-refractivity contribution in [2.75, 3.05) is 14.1 Å². The van der Waals surface area contributed by atoms with Crippen molar-refractivity contribution in [3.63, 3.8) is 0 Å². The van der Waals surface area contributed by atoms with Gasteiger partial charge < -0.3 is 4.90 Å². The summed E-state index contributed by atoms with van der Waals surface area (Å²) in [7, 11) is 3.74. The first-order valence-electron chi connectivity index (χ1n) is 5.45. The predicted octanol–water partition coefficient (Wildman–Crippen LogP) is 2.68. The number of benzene rings is 1. The second kappa shape index (κ2) is 4.83. The van der Waals surface area contributed by atoms with Crippen molar-refractivity contribution in [3.8, 4) is 0 Å². The van der Waals surface area contributed by atoms with Gasteiger partial charge in [0.25, 0.3) is 5.69 Å². The summed E-state index contributed by atoms with van der Waals surface area (Å²) in [6, 6.07) is 5.24. The first-order chi connectivity index (χ1) is 8.59. The van der Waals surface area contributed by atoms with Gasteiger partial charge in [-0.1, -0.05) is 6.07 Å². The molecule has 0 radical (unpaired) electrons. The number of nitrogens with zero attached hydrogens (tertiary/aromatic N) is 3. The fourth-order valence-electron chi connectivity index (χ4n) is 1.74. The first-order valence-corrected chi connectivity index (χ1v) is 5.45. The lowest BCUT2D eigenvalue weighted by atomic mass is 10.1. The largest absolute Gasteiger partial charge is 0.383 e. The molecule has 0 saturated heterocycles. The molecule has 1 heterocycles. The van der Waals surface area contributed by atoms with E-state index in [0.717, 1.165) is 5.39 Å². The van der Waals surface area contributed by atoms with E-state index in [9.17, 15) is 10.1 Å². The van der Waals surface area contributed by atoms with Crippen molar-refractivity contribution in [3.05, 3.63) is 52.5 Å². The van der Waals surface area contributed by atoms with Crippen LogP contribution in [-0.4, -0.2) is 28.9 Å². The molecule has 1 aromatic heterocycles. The number of fused-ring (bicyclic) bond motifs is 1. The van der Waals surface area contributed by atoms with Gasteiger partial charge >= 0.3 is 0 Å². The fraction of sp³-hybridized carbons (Fsp3) is 0.154. The maximum atomic E-state index is 11.2. The number of rotatable bonds is 3. The van der Waals surface area contributed by atoms with E-state index in [1.54, 1.807) is 36.8 Å². The van der Waals surface area contributed by atoms with Crippen LogP contribution in [0.25, 0.3) is 16.8 Å². The average molecular weight is 243 g/mol. The second-order valence-electron chi connectivity index (χ2n) is 4.14. The molecule has 0 fully saturated rings. The van der Waals surface area contributed by atoms with Crippen LogP contribution in [0.3, 0.4) is 0 Å². The third-order valence-corrected chi connectivity index (χ3v) is 2.56. The fourth-order valence-corrected chi connectivity index (χ4v) is 1.74. The molecular formula is C13H13N3O2. The van der Waals surface area contributed by atoms with Crippen molar-refractivity contribution in [2.45, 2.75) is 0 Å². The van der Waals surface area contributed by atoms with E-state index in [0.29, 0.717) is 10.9 Å². The Labute approximate surface area is 105 Å². The minimum atomic E-state index is -0.350. The monoisotopic (exact) mass is 243 g/mol. The number of aromatic nitrogens is 1. The van der Waals surface area contributed by atoms with Crippen molar-refractivity contribution < 1.29 is 4.92 Å². The van der Waals surface area contributed by atoms with Gasteiger partial charge in [-0.15, -0.1) is 0 Å². The third kappa shape index (κ3) is 2.29. The number of nitro benzene ring substituents is 1. The van der Waals surface area contributed by atoms with Gasteiger partial charge in [-0.2, -0.15) is 0 Å². The van der Waals surface area contributed by atoms with Crippen LogP contribution in [0, 0.1) is 10.1 Å². The molecular weight excluding hydrogens is 230 g/mol. The molecule has 5 nitrogen and oxygen atoms in total. The van der Waals surface area contributed by atoms with E-state index in [1.165, 1.54) is 0 Å². The summed E-state index contributed by atoms with van der Waals surface area (Å²) < 4.78 is 0. The lowest BCUT2D eigenvalue weighted by Gasteiger charge is -2.05.